The van der Waals surface area contributed by atoms with Gasteiger partial charge in [0.1, 0.15) is 0 Å². The lowest BCUT2D eigenvalue weighted by Gasteiger charge is -2.37. The Labute approximate surface area is 138 Å². The molecule has 0 amide bonds. The molecule has 0 aromatic heterocycles. The van der Waals surface area contributed by atoms with Crippen molar-refractivity contribution < 1.29 is 19.0 Å². The smallest absolute Gasteiger partial charge is 0.310 e. The van der Waals surface area contributed by atoms with Crippen LogP contribution in [-0.4, -0.2) is 76.5 Å². The number of carbonyl (C=O) groups excluding carboxylic acids is 1. The first-order valence-electron chi connectivity index (χ1n) is 8.21. The second-order valence-electron chi connectivity index (χ2n) is 6.41. The van der Waals surface area contributed by atoms with Gasteiger partial charge in [-0.25, -0.2) is 0 Å². The Bertz CT molecular complexity index is 435. The molecule has 2 fully saturated rings. The predicted octanol–water partition coefficient (Wildman–Crippen LogP) is 0.498. The zero-order valence-electron chi connectivity index (χ0n) is 14.6. The summed E-state index contributed by atoms with van der Waals surface area (Å²) in [5.41, 5.74) is -0.207. The summed E-state index contributed by atoms with van der Waals surface area (Å²) in [4.78, 5) is 18.3. The number of nitrogens with zero attached hydrogens (tertiary/aromatic N) is 2. The van der Waals surface area contributed by atoms with E-state index in [9.17, 15) is 4.79 Å². The summed E-state index contributed by atoms with van der Waals surface area (Å²) in [5.74, 6) is 0.817. The van der Waals surface area contributed by atoms with Crippen molar-refractivity contribution in [1.82, 2.24) is 10.2 Å². The Morgan fingerprint density at radius 3 is 2.61 bits per heavy atom. The molecule has 2 atom stereocenters. The van der Waals surface area contributed by atoms with E-state index in [4.69, 9.17) is 14.2 Å². The fourth-order valence-corrected chi connectivity index (χ4v) is 3.37. The molecule has 0 radical (unpaired) electrons. The molecule has 0 aliphatic carbocycles. The minimum Gasteiger partial charge on any atom is -0.469 e. The van der Waals surface area contributed by atoms with Gasteiger partial charge in [0, 0.05) is 59.8 Å². The van der Waals surface area contributed by atoms with Crippen LogP contribution in [0.4, 0.5) is 0 Å². The fourth-order valence-electron chi connectivity index (χ4n) is 3.37. The van der Waals surface area contributed by atoms with Gasteiger partial charge in [-0.1, -0.05) is 6.92 Å². The highest BCUT2D eigenvalue weighted by Gasteiger charge is 2.38. The monoisotopic (exact) mass is 327 g/mol. The average Bonchev–Trinajstić information content (AvgIpc) is 2.97. The SMILES string of the molecule is CN=C(NCC1(OC)CCOCC1)N1CC(C)C(C(=O)OC)C1. The van der Waals surface area contributed by atoms with Crippen LogP contribution < -0.4 is 5.32 Å². The number of likely N-dealkylation sites (tertiary alicyclic amines) is 1. The van der Waals surface area contributed by atoms with Crippen molar-refractivity contribution in [3.63, 3.8) is 0 Å². The lowest BCUT2D eigenvalue weighted by atomic mass is 9.94. The van der Waals surface area contributed by atoms with Crippen molar-refractivity contribution in [3.8, 4) is 0 Å². The standard InChI is InChI=1S/C16H29N3O4/c1-12-9-19(10-13(12)14(20)21-3)15(17-2)18-11-16(22-4)5-7-23-8-6-16/h12-13H,5-11H2,1-4H3,(H,17,18). The highest BCUT2D eigenvalue weighted by Crippen LogP contribution is 2.26. The molecular weight excluding hydrogens is 298 g/mol. The molecule has 2 heterocycles. The minimum absolute atomic E-state index is 0.0991. The van der Waals surface area contributed by atoms with E-state index in [0.717, 1.165) is 38.6 Å². The number of carbonyl (C=O) groups is 1. The highest BCUT2D eigenvalue weighted by atomic mass is 16.5. The van der Waals surface area contributed by atoms with Crippen molar-refractivity contribution in [1.29, 1.82) is 0 Å². The predicted molar refractivity (Wildman–Crippen MR) is 87.4 cm³/mol. The molecule has 0 bridgehead atoms. The van der Waals surface area contributed by atoms with Crippen LogP contribution in [-0.2, 0) is 19.0 Å². The molecule has 1 N–H and O–H groups in total. The van der Waals surface area contributed by atoms with Gasteiger partial charge < -0.3 is 24.4 Å². The first-order valence-corrected chi connectivity index (χ1v) is 8.21. The molecule has 0 spiro atoms. The third kappa shape index (κ3) is 4.14. The van der Waals surface area contributed by atoms with Gasteiger partial charge in [-0.15, -0.1) is 0 Å². The summed E-state index contributed by atoms with van der Waals surface area (Å²) < 4.78 is 16.1. The number of ether oxygens (including phenoxy) is 3. The van der Waals surface area contributed by atoms with E-state index in [1.165, 1.54) is 7.11 Å². The fraction of sp³-hybridized carbons (Fsp3) is 0.875. The Hall–Kier alpha value is -1.34. The van der Waals surface area contributed by atoms with Crippen LogP contribution in [0.25, 0.3) is 0 Å². The van der Waals surface area contributed by atoms with E-state index in [1.807, 2.05) is 0 Å². The maximum Gasteiger partial charge on any atom is 0.310 e. The maximum atomic E-state index is 11.8. The molecule has 2 rings (SSSR count). The van der Waals surface area contributed by atoms with Gasteiger partial charge in [0.05, 0.1) is 18.6 Å². The summed E-state index contributed by atoms with van der Waals surface area (Å²) in [7, 11) is 4.96. The van der Waals surface area contributed by atoms with Crippen molar-refractivity contribution >= 4 is 11.9 Å². The van der Waals surface area contributed by atoms with Gasteiger partial charge >= 0.3 is 5.97 Å². The van der Waals surface area contributed by atoms with E-state index in [-0.39, 0.29) is 23.4 Å². The van der Waals surface area contributed by atoms with Crippen LogP contribution in [0.2, 0.25) is 0 Å². The Kier molecular flexibility index (Phi) is 6.24. The van der Waals surface area contributed by atoms with E-state index in [0.29, 0.717) is 13.1 Å². The maximum absolute atomic E-state index is 11.8. The quantitative estimate of drug-likeness (QED) is 0.460. The summed E-state index contributed by atoms with van der Waals surface area (Å²) in [5, 5.41) is 3.41. The van der Waals surface area contributed by atoms with Gasteiger partial charge in [-0.05, 0) is 5.92 Å². The normalized spacial score (nSPS) is 27.8. The van der Waals surface area contributed by atoms with Crippen molar-refractivity contribution in [2.45, 2.75) is 25.4 Å². The highest BCUT2D eigenvalue weighted by molar-refractivity contribution is 5.82. The van der Waals surface area contributed by atoms with E-state index in [1.54, 1.807) is 14.2 Å². The molecule has 2 unspecified atom stereocenters. The number of nitrogens with one attached hydrogen (secondary N) is 1. The number of guanidine groups is 1. The Balaban J connectivity index is 1.94. The van der Waals surface area contributed by atoms with Crippen molar-refractivity contribution in [3.05, 3.63) is 0 Å². The van der Waals surface area contributed by atoms with Gasteiger partial charge in [-0.2, -0.15) is 0 Å². The van der Waals surface area contributed by atoms with Gasteiger partial charge in [-0.3, -0.25) is 9.79 Å². The van der Waals surface area contributed by atoms with Crippen molar-refractivity contribution in [2.24, 2.45) is 16.8 Å². The van der Waals surface area contributed by atoms with E-state index >= 15 is 0 Å². The summed E-state index contributed by atoms with van der Waals surface area (Å²) in [6.45, 7) is 5.63. The van der Waals surface area contributed by atoms with Crippen molar-refractivity contribution in [2.75, 3.05) is 54.1 Å². The van der Waals surface area contributed by atoms with Crippen LogP contribution >= 0.6 is 0 Å². The van der Waals surface area contributed by atoms with E-state index < -0.39 is 0 Å². The molecule has 0 saturated carbocycles. The Morgan fingerprint density at radius 1 is 1.35 bits per heavy atom. The zero-order chi connectivity index (χ0) is 16.9. The second-order valence-corrected chi connectivity index (χ2v) is 6.41. The number of aliphatic imine (C=N–C) groups is 1. The molecule has 0 aromatic carbocycles. The molecule has 2 saturated heterocycles. The lowest BCUT2D eigenvalue weighted by molar-refractivity contribution is -0.146. The first-order chi connectivity index (χ1) is 11.0. The molecule has 7 heteroatoms. The number of methoxy groups -OCH3 is 2. The second kappa shape index (κ2) is 7.97. The molecule has 2 aliphatic rings. The molecule has 132 valence electrons. The molecule has 23 heavy (non-hydrogen) atoms. The minimum atomic E-state index is -0.207. The van der Waals surface area contributed by atoms with Gasteiger partial charge in [0.25, 0.3) is 0 Å². The first kappa shape index (κ1) is 18.0. The van der Waals surface area contributed by atoms with Crippen LogP contribution in [0.1, 0.15) is 19.8 Å². The van der Waals surface area contributed by atoms with Crippen LogP contribution in [0.3, 0.4) is 0 Å². The topological polar surface area (TPSA) is 72.4 Å². The molecule has 0 aromatic rings. The summed E-state index contributed by atoms with van der Waals surface area (Å²) >= 11 is 0. The van der Waals surface area contributed by atoms with Crippen LogP contribution in [0.15, 0.2) is 4.99 Å². The number of rotatable bonds is 4. The third-order valence-corrected chi connectivity index (χ3v) is 5.03. The number of hydrogen-bond acceptors (Lipinski definition) is 5. The molecular formula is C16H29N3O4. The summed E-state index contributed by atoms with van der Waals surface area (Å²) in [6, 6.07) is 0. The van der Waals surface area contributed by atoms with Gasteiger partial charge in [0.2, 0.25) is 0 Å². The number of hydrogen-bond donors (Lipinski definition) is 1. The number of esters is 1. The van der Waals surface area contributed by atoms with Crippen LogP contribution in [0.5, 0.6) is 0 Å². The molecule has 7 nitrogen and oxygen atoms in total. The van der Waals surface area contributed by atoms with Gasteiger partial charge in [0.15, 0.2) is 5.96 Å². The largest absolute Gasteiger partial charge is 0.469 e. The van der Waals surface area contributed by atoms with E-state index in [2.05, 4.69) is 22.1 Å². The zero-order valence-corrected chi connectivity index (χ0v) is 14.6. The third-order valence-electron chi connectivity index (χ3n) is 5.03. The molecule has 2 aliphatic heterocycles. The lowest BCUT2D eigenvalue weighted by Crippen LogP contribution is -2.51. The van der Waals surface area contributed by atoms with Crippen LogP contribution in [0, 0.1) is 11.8 Å². The summed E-state index contributed by atoms with van der Waals surface area (Å²) in [6.07, 6.45) is 1.74. The Morgan fingerprint density at radius 2 is 2.04 bits per heavy atom. The average molecular weight is 327 g/mol.